The zero-order valence-electron chi connectivity index (χ0n) is 40.0. The summed E-state index contributed by atoms with van der Waals surface area (Å²) in [5, 5.41) is 11.4. The third kappa shape index (κ3) is 11.6. The number of likely N-dealkylation sites (tertiary alicyclic amines) is 2. The van der Waals surface area contributed by atoms with Crippen LogP contribution in [0.5, 0.6) is 0 Å². The molecule has 0 aliphatic carbocycles. The Balaban J connectivity index is 1.17. The number of benzene rings is 3. The van der Waals surface area contributed by atoms with Gasteiger partial charge in [-0.2, -0.15) is 0 Å². The molecule has 3 fully saturated rings. The van der Waals surface area contributed by atoms with E-state index in [4.69, 9.17) is 9.47 Å². The van der Waals surface area contributed by atoms with E-state index in [1.54, 1.807) is 9.80 Å². The van der Waals surface area contributed by atoms with Crippen LogP contribution in [-0.2, 0) is 34.1 Å². The second-order valence-corrected chi connectivity index (χ2v) is 19.6. The maximum atomic E-state index is 13.7. The van der Waals surface area contributed by atoms with Crippen LogP contribution in [0, 0.1) is 11.8 Å². The minimum absolute atomic E-state index is 0.0136. The van der Waals surface area contributed by atoms with Crippen LogP contribution in [0.3, 0.4) is 0 Å². The van der Waals surface area contributed by atoms with Gasteiger partial charge in [0.2, 0.25) is 23.6 Å². The molecule has 3 aliphatic rings. The van der Waals surface area contributed by atoms with Gasteiger partial charge in [0.05, 0.1) is 26.3 Å². The van der Waals surface area contributed by atoms with Crippen LogP contribution in [0.15, 0.2) is 72.8 Å². The minimum Gasteiger partial charge on any atom is -0.453 e. The Morgan fingerprint density at radius 3 is 1.50 bits per heavy atom. The van der Waals surface area contributed by atoms with E-state index in [0.717, 1.165) is 29.7 Å². The zero-order chi connectivity index (χ0) is 47.9. The van der Waals surface area contributed by atoms with Gasteiger partial charge in [-0.25, -0.2) is 9.59 Å². The van der Waals surface area contributed by atoms with Crippen molar-refractivity contribution in [3.8, 4) is 0 Å². The van der Waals surface area contributed by atoms with Crippen LogP contribution in [0.1, 0.15) is 122 Å². The smallest absolute Gasteiger partial charge is 0.407 e. The van der Waals surface area contributed by atoms with Gasteiger partial charge in [-0.15, -0.1) is 0 Å². The molecule has 6 rings (SSSR count). The molecule has 0 aromatic heterocycles. The van der Waals surface area contributed by atoms with E-state index >= 15 is 0 Å². The predicted octanol–water partition coefficient (Wildman–Crippen LogP) is 8.08. The van der Waals surface area contributed by atoms with Crippen LogP contribution >= 0.6 is 0 Å². The van der Waals surface area contributed by atoms with Gasteiger partial charge in [0, 0.05) is 30.2 Å². The molecule has 0 radical (unpaired) electrons. The molecule has 3 aliphatic heterocycles. The molecule has 356 valence electrons. The maximum Gasteiger partial charge on any atom is 0.407 e. The molecule has 15 nitrogen and oxygen atoms in total. The van der Waals surface area contributed by atoms with Crippen molar-refractivity contribution in [2.24, 2.45) is 11.8 Å². The van der Waals surface area contributed by atoms with Gasteiger partial charge in [-0.1, -0.05) is 84.9 Å². The highest BCUT2D eigenvalue weighted by Crippen LogP contribution is 2.47. The van der Waals surface area contributed by atoms with Crippen LogP contribution in [0.2, 0.25) is 0 Å². The number of hydrogen-bond donors (Lipinski definition) is 4. The largest absolute Gasteiger partial charge is 0.453 e. The lowest BCUT2D eigenvalue weighted by molar-refractivity contribution is -0.139. The predicted molar refractivity (Wildman–Crippen MR) is 255 cm³/mol. The van der Waals surface area contributed by atoms with Crippen molar-refractivity contribution >= 4 is 52.9 Å². The summed E-state index contributed by atoms with van der Waals surface area (Å²) < 4.78 is 9.52. The molecular formula is C51H69N7O8. The van der Waals surface area contributed by atoms with Gasteiger partial charge < -0.3 is 45.4 Å². The van der Waals surface area contributed by atoms with Crippen molar-refractivity contribution < 1.29 is 38.2 Å². The lowest BCUT2D eigenvalue weighted by Gasteiger charge is -2.34. The fraction of sp³-hybridized carbons (Fsp3) is 0.529. The second kappa shape index (κ2) is 21.5. The van der Waals surface area contributed by atoms with E-state index in [0.29, 0.717) is 56.6 Å². The molecule has 3 heterocycles. The third-order valence-corrected chi connectivity index (χ3v) is 13.1. The minimum atomic E-state index is -0.814. The Labute approximate surface area is 389 Å². The van der Waals surface area contributed by atoms with E-state index < -0.39 is 36.4 Å². The molecule has 0 unspecified atom stereocenters. The van der Waals surface area contributed by atoms with Gasteiger partial charge in [0.1, 0.15) is 24.2 Å². The van der Waals surface area contributed by atoms with Crippen LogP contribution in [0.25, 0.3) is 0 Å². The fourth-order valence-corrected chi connectivity index (χ4v) is 9.57. The summed E-state index contributed by atoms with van der Waals surface area (Å²) in [6.07, 6.45) is 3.21. The molecule has 66 heavy (non-hydrogen) atoms. The zero-order valence-corrected chi connectivity index (χ0v) is 40.0. The van der Waals surface area contributed by atoms with Crippen molar-refractivity contribution in [3.05, 3.63) is 89.5 Å². The summed E-state index contributed by atoms with van der Waals surface area (Å²) in [6.45, 7) is 15.1. The Morgan fingerprint density at radius 2 is 1.08 bits per heavy atom. The van der Waals surface area contributed by atoms with Crippen molar-refractivity contribution in [1.29, 1.82) is 0 Å². The van der Waals surface area contributed by atoms with Crippen LogP contribution in [-0.4, -0.2) is 97.1 Å². The number of alkyl carbamates (subject to hydrolysis) is 2. The molecular weight excluding hydrogens is 839 g/mol. The fourth-order valence-electron chi connectivity index (χ4n) is 9.57. The molecule has 0 bridgehead atoms. The Hall–Kier alpha value is -6.12. The first-order chi connectivity index (χ1) is 31.4. The Morgan fingerprint density at radius 1 is 0.621 bits per heavy atom. The third-order valence-electron chi connectivity index (χ3n) is 13.1. The van der Waals surface area contributed by atoms with Crippen LogP contribution < -0.4 is 26.2 Å². The number of anilines is 3. The summed E-state index contributed by atoms with van der Waals surface area (Å²) in [4.78, 5) is 84.4. The molecule has 6 atom stereocenters. The number of hydrogen-bond acceptors (Lipinski definition) is 9. The van der Waals surface area contributed by atoms with Gasteiger partial charge in [0.25, 0.3) is 0 Å². The number of ether oxygens (including phenoxy) is 2. The standard InChI is InChI=1S/C51H69N7O8/c1-31(2)30-39(54-49(63)65-8)47(61)56-28-10-12-42(56)45(59)52-36-20-14-33(15-21-36)40-26-27-41(58(40)38-24-18-35(19-25-38)51(5,6)7)34-16-22-37(23-17-34)53-46(60)43-13-11-29-57(43)48(62)44(32(3)4)55-50(64)66-9/h14-25,31-32,39-44H,10-13,26-30H2,1-9H3,(H,52,59)(H,53,60)(H,54,63)(H,55,64)/t39-,40-,41-,42-,43-,44-/m0/s1. The number of rotatable bonds is 14. The second-order valence-electron chi connectivity index (χ2n) is 19.6. The number of methoxy groups -OCH3 is 2. The molecule has 4 N–H and O–H groups in total. The monoisotopic (exact) mass is 908 g/mol. The Kier molecular flexibility index (Phi) is 16.0. The summed E-state index contributed by atoms with van der Waals surface area (Å²) in [7, 11) is 2.51. The highest BCUT2D eigenvalue weighted by Gasteiger charge is 2.41. The first-order valence-electron chi connectivity index (χ1n) is 23.4. The highest BCUT2D eigenvalue weighted by atomic mass is 16.5. The molecule has 3 aromatic rings. The Bertz CT molecular complexity index is 2190. The van der Waals surface area contributed by atoms with Gasteiger partial charge in [0.15, 0.2) is 0 Å². The van der Waals surface area contributed by atoms with E-state index in [9.17, 15) is 28.8 Å². The van der Waals surface area contributed by atoms with E-state index in [1.807, 2.05) is 52.0 Å². The number of carbonyl (C=O) groups excluding carboxylic acids is 6. The summed E-state index contributed by atoms with van der Waals surface area (Å²) in [6, 6.07) is 21.8. The van der Waals surface area contributed by atoms with Crippen molar-refractivity contribution in [2.75, 3.05) is 42.8 Å². The normalized spacial score (nSPS) is 20.5. The van der Waals surface area contributed by atoms with Crippen LogP contribution in [0.4, 0.5) is 26.7 Å². The number of carbonyl (C=O) groups is 6. The van der Waals surface area contributed by atoms with Gasteiger partial charge >= 0.3 is 12.2 Å². The van der Waals surface area contributed by atoms with E-state index in [-0.39, 0.29) is 53.0 Å². The topological polar surface area (TPSA) is 179 Å². The van der Waals surface area contributed by atoms with Crippen molar-refractivity contribution in [3.63, 3.8) is 0 Å². The molecule has 0 spiro atoms. The SMILES string of the molecule is COC(=O)N[C@@H](CC(C)C)C(=O)N1CCC[C@H]1C(=O)Nc1ccc([C@@H]2CC[C@@H](c3ccc(NC(=O)[C@@H]4CCCN4C(=O)[C@@H](NC(=O)OC)C(C)C)cc3)N2c2ccc(C(C)(C)C)cc2)cc1. The maximum absolute atomic E-state index is 13.7. The van der Waals surface area contributed by atoms with E-state index in [2.05, 4.69) is 95.5 Å². The summed E-state index contributed by atoms with van der Waals surface area (Å²) in [5.74, 6) is -1.19. The number of nitrogens with zero attached hydrogens (tertiary/aromatic N) is 3. The van der Waals surface area contributed by atoms with Gasteiger partial charge in [-0.05, 0) is 115 Å². The number of amides is 6. The average molecular weight is 908 g/mol. The number of nitrogens with one attached hydrogen (secondary N) is 4. The molecule has 3 aromatic carbocycles. The highest BCUT2D eigenvalue weighted by molar-refractivity contribution is 5.99. The van der Waals surface area contributed by atoms with Gasteiger partial charge in [-0.3, -0.25) is 19.2 Å². The quantitative estimate of drug-likeness (QED) is 0.125. The summed E-state index contributed by atoms with van der Waals surface area (Å²) >= 11 is 0. The summed E-state index contributed by atoms with van der Waals surface area (Å²) in [5.41, 5.74) is 5.76. The first kappa shape index (κ1) is 49.3. The lowest BCUT2D eigenvalue weighted by atomic mass is 9.87. The first-order valence-corrected chi connectivity index (χ1v) is 23.4. The molecule has 6 amide bonds. The lowest BCUT2D eigenvalue weighted by Crippen LogP contribution is -2.54. The molecule has 3 saturated heterocycles. The molecule has 0 saturated carbocycles. The van der Waals surface area contributed by atoms with Crippen molar-refractivity contribution in [1.82, 2.24) is 20.4 Å². The van der Waals surface area contributed by atoms with E-state index in [1.165, 1.54) is 19.8 Å². The average Bonchev–Trinajstić information content (AvgIpc) is 4.09. The van der Waals surface area contributed by atoms with Crippen molar-refractivity contribution in [2.45, 2.75) is 135 Å². The molecule has 15 heteroatoms.